The van der Waals surface area contributed by atoms with E-state index in [-0.39, 0.29) is 10.6 Å². The Bertz CT molecular complexity index is 1250. The summed E-state index contributed by atoms with van der Waals surface area (Å²) in [5, 5.41) is 4.64. The second-order valence-electron chi connectivity index (χ2n) is 6.69. The highest BCUT2D eigenvalue weighted by molar-refractivity contribution is 7.92. The topological polar surface area (TPSA) is 88.1 Å². The van der Waals surface area contributed by atoms with Crippen LogP contribution in [0.25, 0.3) is 0 Å². The predicted molar refractivity (Wildman–Crippen MR) is 131 cm³/mol. The van der Waals surface area contributed by atoms with Crippen LogP contribution in [0.5, 0.6) is 5.75 Å². The van der Waals surface area contributed by atoms with Crippen LogP contribution in [0.15, 0.2) is 82.8 Å². The Morgan fingerprint density at radius 2 is 1.73 bits per heavy atom. The number of ether oxygens (including phenoxy) is 1. The SMILES string of the molecule is CCOc1ccccc1N(CC(=O)N/N=C\c1ccc(Cl)c(Cl)c1)S(=O)(=O)c1ccccc1. The number of carbonyl (C=O) groups is 1. The van der Waals surface area contributed by atoms with Crippen LogP contribution < -0.4 is 14.5 Å². The zero-order valence-corrected chi connectivity index (χ0v) is 19.9. The van der Waals surface area contributed by atoms with Gasteiger partial charge in [-0.2, -0.15) is 5.10 Å². The number of sulfonamides is 1. The molecule has 33 heavy (non-hydrogen) atoms. The fourth-order valence-electron chi connectivity index (χ4n) is 2.90. The Morgan fingerprint density at radius 1 is 1.03 bits per heavy atom. The molecule has 0 saturated heterocycles. The molecule has 3 aromatic rings. The number of anilines is 1. The number of carbonyl (C=O) groups excluding carboxylic acids is 1. The zero-order chi connectivity index (χ0) is 23.8. The van der Waals surface area contributed by atoms with E-state index < -0.39 is 22.5 Å². The van der Waals surface area contributed by atoms with Gasteiger partial charge in [0.2, 0.25) is 0 Å². The van der Waals surface area contributed by atoms with Crippen LogP contribution in [0.3, 0.4) is 0 Å². The summed E-state index contributed by atoms with van der Waals surface area (Å²) in [6, 6.07) is 19.4. The standard InChI is InChI=1S/C23H21Cl2N3O4S/c1-2-32-22-11-7-6-10-21(22)28(33(30,31)18-8-4-3-5-9-18)16-23(29)27-26-15-17-12-13-19(24)20(25)14-17/h3-15H,2,16H2,1H3,(H,27,29)/b26-15-. The third kappa shape index (κ3) is 6.25. The number of nitrogens with zero attached hydrogens (tertiary/aromatic N) is 2. The van der Waals surface area contributed by atoms with Crippen molar-refractivity contribution in [2.45, 2.75) is 11.8 Å². The van der Waals surface area contributed by atoms with Gasteiger partial charge < -0.3 is 4.74 Å². The average molecular weight is 506 g/mol. The van der Waals surface area contributed by atoms with Crippen molar-refractivity contribution in [2.24, 2.45) is 5.10 Å². The van der Waals surface area contributed by atoms with Crippen molar-refractivity contribution in [3.8, 4) is 5.75 Å². The van der Waals surface area contributed by atoms with Crippen molar-refractivity contribution in [1.29, 1.82) is 0 Å². The molecular weight excluding hydrogens is 485 g/mol. The molecule has 0 aromatic heterocycles. The van der Waals surface area contributed by atoms with Gasteiger partial charge in [-0.3, -0.25) is 9.10 Å². The average Bonchev–Trinajstić information content (AvgIpc) is 2.81. The van der Waals surface area contributed by atoms with Crippen LogP contribution in [0.4, 0.5) is 5.69 Å². The molecule has 172 valence electrons. The van der Waals surface area contributed by atoms with E-state index in [0.29, 0.717) is 28.0 Å². The van der Waals surface area contributed by atoms with Crippen LogP contribution in [0, 0.1) is 0 Å². The first-order valence-electron chi connectivity index (χ1n) is 9.89. The van der Waals surface area contributed by atoms with Crippen LogP contribution >= 0.6 is 23.2 Å². The molecule has 10 heteroatoms. The number of amides is 1. The molecular formula is C23H21Cl2N3O4S. The van der Waals surface area contributed by atoms with E-state index in [9.17, 15) is 13.2 Å². The lowest BCUT2D eigenvalue weighted by Crippen LogP contribution is -2.39. The Hall–Kier alpha value is -3.07. The minimum atomic E-state index is -4.07. The molecule has 0 unspecified atom stereocenters. The van der Waals surface area contributed by atoms with E-state index in [1.807, 2.05) is 0 Å². The fourth-order valence-corrected chi connectivity index (χ4v) is 4.66. The van der Waals surface area contributed by atoms with Crippen LogP contribution in [0.2, 0.25) is 10.0 Å². The van der Waals surface area contributed by atoms with Gasteiger partial charge in [-0.1, -0.05) is 59.6 Å². The quantitative estimate of drug-likeness (QED) is 0.336. The van der Waals surface area contributed by atoms with Crippen molar-refractivity contribution in [1.82, 2.24) is 5.43 Å². The van der Waals surface area contributed by atoms with Crippen molar-refractivity contribution in [3.63, 3.8) is 0 Å². The summed E-state index contributed by atoms with van der Waals surface area (Å²) in [6.45, 7) is 1.60. The number of hydrogen-bond acceptors (Lipinski definition) is 5. The normalized spacial score (nSPS) is 11.4. The lowest BCUT2D eigenvalue weighted by molar-refractivity contribution is -0.119. The third-order valence-corrected chi connectivity index (χ3v) is 6.91. The summed E-state index contributed by atoms with van der Waals surface area (Å²) in [5.41, 5.74) is 3.20. The summed E-state index contributed by atoms with van der Waals surface area (Å²) in [5.74, 6) is -0.302. The summed E-state index contributed by atoms with van der Waals surface area (Å²) in [7, 11) is -4.07. The smallest absolute Gasteiger partial charge is 0.264 e. The molecule has 0 radical (unpaired) electrons. The van der Waals surface area contributed by atoms with Gasteiger partial charge in [0.1, 0.15) is 12.3 Å². The van der Waals surface area contributed by atoms with Crippen LogP contribution in [-0.2, 0) is 14.8 Å². The van der Waals surface area contributed by atoms with Gasteiger partial charge in [-0.25, -0.2) is 13.8 Å². The van der Waals surface area contributed by atoms with E-state index >= 15 is 0 Å². The lowest BCUT2D eigenvalue weighted by atomic mass is 10.2. The Balaban J connectivity index is 1.88. The van der Waals surface area contributed by atoms with Crippen molar-refractivity contribution in [2.75, 3.05) is 17.5 Å². The van der Waals surface area contributed by atoms with Crippen LogP contribution in [-0.4, -0.2) is 33.7 Å². The van der Waals surface area contributed by atoms with E-state index in [2.05, 4.69) is 10.5 Å². The number of halogens is 2. The van der Waals surface area contributed by atoms with Crippen molar-refractivity contribution < 1.29 is 17.9 Å². The molecule has 7 nitrogen and oxygen atoms in total. The molecule has 1 N–H and O–H groups in total. The van der Waals surface area contributed by atoms with Crippen molar-refractivity contribution in [3.05, 3.63) is 88.4 Å². The second-order valence-corrected chi connectivity index (χ2v) is 9.37. The molecule has 0 aliphatic carbocycles. The second kappa shape index (κ2) is 11.2. The Kier molecular flexibility index (Phi) is 8.32. The Labute approximate surface area is 202 Å². The maximum atomic E-state index is 13.4. The van der Waals surface area contributed by atoms with Gasteiger partial charge in [-0.05, 0) is 48.9 Å². The van der Waals surface area contributed by atoms with Gasteiger partial charge >= 0.3 is 0 Å². The highest BCUT2D eigenvalue weighted by Gasteiger charge is 2.29. The first kappa shape index (κ1) is 24.6. The first-order valence-corrected chi connectivity index (χ1v) is 12.1. The van der Waals surface area contributed by atoms with E-state index in [4.69, 9.17) is 27.9 Å². The van der Waals surface area contributed by atoms with Gasteiger partial charge in [0.25, 0.3) is 15.9 Å². The largest absolute Gasteiger partial charge is 0.492 e. The number of hydrazone groups is 1. The maximum absolute atomic E-state index is 13.4. The minimum absolute atomic E-state index is 0.0448. The van der Waals surface area contributed by atoms with Gasteiger partial charge in [-0.15, -0.1) is 0 Å². The Morgan fingerprint density at radius 3 is 2.42 bits per heavy atom. The van der Waals surface area contributed by atoms with Crippen molar-refractivity contribution >= 4 is 51.0 Å². The molecule has 1 amide bonds. The zero-order valence-electron chi connectivity index (χ0n) is 17.6. The number of rotatable bonds is 9. The highest BCUT2D eigenvalue weighted by Crippen LogP contribution is 2.32. The third-order valence-electron chi connectivity index (χ3n) is 4.40. The molecule has 0 atom stereocenters. The summed E-state index contributed by atoms with van der Waals surface area (Å²) < 4.78 is 33.4. The van der Waals surface area contributed by atoms with Gasteiger partial charge in [0, 0.05) is 0 Å². The summed E-state index contributed by atoms with van der Waals surface area (Å²) >= 11 is 11.9. The van der Waals surface area contributed by atoms with Gasteiger partial charge in [0.15, 0.2) is 0 Å². The number of para-hydroxylation sites is 2. The first-order chi connectivity index (χ1) is 15.8. The molecule has 0 bridgehead atoms. The predicted octanol–water partition coefficient (Wildman–Crippen LogP) is 4.74. The number of benzene rings is 3. The minimum Gasteiger partial charge on any atom is -0.492 e. The summed E-state index contributed by atoms with van der Waals surface area (Å²) in [4.78, 5) is 12.7. The number of nitrogens with one attached hydrogen (secondary N) is 1. The monoisotopic (exact) mass is 505 g/mol. The highest BCUT2D eigenvalue weighted by atomic mass is 35.5. The van der Waals surface area contributed by atoms with Gasteiger partial charge in [0.05, 0.1) is 33.4 Å². The molecule has 0 spiro atoms. The molecule has 3 rings (SSSR count). The summed E-state index contributed by atoms with van der Waals surface area (Å²) in [6.07, 6.45) is 1.38. The molecule has 0 saturated carbocycles. The fraction of sp³-hybridized carbons (Fsp3) is 0.130. The van der Waals surface area contributed by atoms with E-state index in [1.54, 1.807) is 67.6 Å². The van der Waals surface area contributed by atoms with Crippen LogP contribution in [0.1, 0.15) is 12.5 Å². The van der Waals surface area contributed by atoms with E-state index in [0.717, 1.165) is 4.31 Å². The lowest BCUT2D eigenvalue weighted by Gasteiger charge is -2.25. The molecule has 0 aliphatic rings. The number of hydrogen-bond donors (Lipinski definition) is 1. The molecule has 0 fully saturated rings. The maximum Gasteiger partial charge on any atom is 0.264 e. The molecule has 0 aliphatic heterocycles. The van der Waals surface area contributed by atoms with E-state index in [1.165, 1.54) is 18.3 Å². The molecule has 3 aromatic carbocycles. The molecule has 0 heterocycles.